The Bertz CT molecular complexity index is 557. The van der Waals surface area contributed by atoms with Crippen LogP contribution in [0.4, 0.5) is 0 Å². The van der Waals surface area contributed by atoms with Gasteiger partial charge in [-0.2, -0.15) is 0 Å². The molecule has 1 aromatic heterocycles. The highest BCUT2D eigenvalue weighted by atomic mass is 16.5. The molecule has 1 heterocycles. The molecule has 18 heavy (non-hydrogen) atoms. The van der Waals surface area contributed by atoms with Gasteiger partial charge in [-0.05, 0) is 32.4 Å². The van der Waals surface area contributed by atoms with E-state index >= 15 is 0 Å². The molecule has 0 aliphatic rings. The molecule has 4 nitrogen and oxygen atoms in total. The third-order valence-electron chi connectivity index (χ3n) is 3.52. The molecule has 2 rings (SSSR count). The Morgan fingerprint density at radius 2 is 2.11 bits per heavy atom. The molecule has 0 fully saturated rings. The summed E-state index contributed by atoms with van der Waals surface area (Å²) >= 11 is 0. The minimum absolute atomic E-state index is 0.401. The van der Waals surface area contributed by atoms with Crippen molar-refractivity contribution in [1.29, 1.82) is 0 Å². The summed E-state index contributed by atoms with van der Waals surface area (Å²) in [5, 5.41) is 0. The highest BCUT2D eigenvalue weighted by Crippen LogP contribution is 2.27. The maximum Gasteiger partial charge on any atom is 0.129 e. The Labute approximate surface area is 108 Å². The number of hydrogen-bond acceptors (Lipinski definition) is 3. The minimum Gasteiger partial charge on any atom is -0.497 e. The highest BCUT2D eigenvalue weighted by molar-refractivity contribution is 5.78. The van der Waals surface area contributed by atoms with Crippen molar-refractivity contribution in [3.05, 3.63) is 24.0 Å². The van der Waals surface area contributed by atoms with E-state index in [4.69, 9.17) is 15.5 Å². The van der Waals surface area contributed by atoms with E-state index in [0.29, 0.717) is 0 Å². The lowest BCUT2D eigenvalue weighted by Gasteiger charge is -2.23. The molecule has 2 N–H and O–H groups in total. The van der Waals surface area contributed by atoms with Crippen LogP contribution in [0, 0.1) is 0 Å². The molecule has 1 atom stereocenters. The minimum atomic E-state index is -0.401. The Kier molecular flexibility index (Phi) is 3.30. The predicted octanol–water partition coefficient (Wildman–Crippen LogP) is 2.65. The van der Waals surface area contributed by atoms with Crippen molar-refractivity contribution in [3.8, 4) is 5.75 Å². The summed E-state index contributed by atoms with van der Waals surface area (Å²) in [5.74, 6) is 1.76. The zero-order valence-corrected chi connectivity index (χ0v) is 11.5. The Morgan fingerprint density at radius 3 is 2.67 bits per heavy atom. The van der Waals surface area contributed by atoms with Gasteiger partial charge in [0.05, 0.1) is 23.7 Å². The second-order valence-electron chi connectivity index (χ2n) is 4.81. The van der Waals surface area contributed by atoms with Crippen molar-refractivity contribution < 1.29 is 4.74 Å². The summed E-state index contributed by atoms with van der Waals surface area (Å²) in [6.07, 6.45) is 0.855. The van der Waals surface area contributed by atoms with Gasteiger partial charge in [-0.25, -0.2) is 4.98 Å². The summed E-state index contributed by atoms with van der Waals surface area (Å²) in [4.78, 5) is 4.69. The van der Waals surface area contributed by atoms with Crippen LogP contribution in [-0.2, 0) is 12.1 Å². The lowest BCUT2D eigenvalue weighted by Crippen LogP contribution is -2.35. The van der Waals surface area contributed by atoms with Crippen molar-refractivity contribution in [2.45, 2.75) is 39.3 Å². The standard InChI is InChI=1S/C14H21N3O/c1-5-14(3,15)13-16-11-9-10(18-4)7-8-12(11)17(13)6-2/h7-9H,5-6,15H2,1-4H3. The number of rotatable bonds is 4. The third-order valence-corrected chi connectivity index (χ3v) is 3.52. The van der Waals surface area contributed by atoms with E-state index in [0.717, 1.165) is 35.6 Å². The number of benzene rings is 1. The molecule has 0 saturated heterocycles. The average molecular weight is 247 g/mol. The molecule has 2 aromatic rings. The quantitative estimate of drug-likeness (QED) is 0.903. The zero-order valence-electron chi connectivity index (χ0n) is 11.5. The summed E-state index contributed by atoms with van der Waals surface area (Å²) in [7, 11) is 1.66. The van der Waals surface area contributed by atoms with Crippen LogP contribution in [-0.4, -0.2) is 16.7 Å². The van der Waals surface area contributed by atoms with Gasteiger partial charge in [-0.1, -0.05) is 6.92 Å². The van der Waals surface area contributed by atoms with E-state index in [2.05, 4.69) is 18.4 Å². The Hall–Kier alpha value is -1.55. The van der Waals surface area contributed by atoms with Crippen LogP contribution in [0.1, 0.15) is 33.0 Å². The number of hydrogen-bond donors (Lipinski definition) is 1. The average Bonchev–Trinajstić information content (AvgIpc) is 2.76. The van der Waals surface area contributed by atoms with Crippen molar-refractivity contribution in [1.82, 2.24) is 9.55 Å². The number of fused-ring (bicyclic) bond motifs is 1. The number of ether oxygens (including phenoxy) is 1. The van der Waals surface area contributed by atoms with Gasteiger partial charge in [0.2, 0.25) is 0 Å². The molecule has 0 amide bonds. The number of methoxy groups -OCH3 is 1. The molecule has 0 saturated carbocycles. The number of aryl methyl sites for hydroxylation is 1. The van der Waals surface area contributed by atoms with Crippen LogP contribution in [0.15, 0.2) is 18.2 Å². The number of imidazole rings is 1. The van der Waals surface area contributed by atoms with Gasteiger partial charge < -0.3 is 15.0 Å². The molecular weight excluding hydrogens is 226 g/mol. The summed E-state index contributed by atoms with van der Waals surface area (Å²) in [5.41, 5.74) is 7.98. The molecule has 1 unspecified atom stereocenters. The SMILES string of the molecule is CCn1c(C(C)(N)CC)nc2cc(OC)ccc21. The van der Waals surface area contributed by atoms with E-state index in [1.165, 1.54) is 0 Å². The predicted molar refractivity (Wildman–Crippen MR) is 73.8 cm³/mol. The summed E-state index contributed by atoms with van der Waals surface area (Å²) in [6, 6.07) is 5.95. The largest absolute Gasteiger partial charge is 0.497 e. The first-order chi connectivity index (χ1) is 8.53. The van der Waals surface area contributed by atoms with Crippen molar-refractivity contribution >= 4 is 11.0 Å². The van der Waals surface area contributed by atoms with Gasteiger partial charge in [0.25, 0.3) is 0 Å². The van der Waals surface area contributed by atoms with E-state index in [1.54, 1.807) is 7.11 Å². The second-order valence-corrected chi connectivity index (χ2v) is 4.81. The molecule has 0 radical (unpaired) electrons. The second kappa shape index (κ2) is 4.61. The molecule has 4 heteroatoms. The van der Waals surface area contributed by atoms with E-state index in [-0.39, 0.29) is 0 Å². The van der Waals surface area contributed by atoms with Crippen molar-refractivity contribution in [2.24, 2.45) is 5.73 Å². The van der Waals surface area contributed by atoms with E-state index in [1.807, 2.05) is 25.1 Å². The summed E-state index contributed by atoms with van der Waals surface area (Å²) in [6.45, 7) is 7.09. The molecule has 98 valence electrons. The fraction of sp³-hybridized carbons (Fsp3) is 0.500. The van der Waals surface area contributed by atoms with E-state index in [9.17, 15) is 0 Å². The van der Waals surface area contributed by atoms with Crippen LogP contribution in [0.2, 0.25) is 0 Å². The highest BCUT2D eigenvalue weighted by Gasteiger charge is 2.26. The van der Waals surface area contributed by atoms with Crippen molar-refractivity contribution in [3.63, 3.8) is 0 Å². The topological polar surface area (TPSA) is 53.1 Å². The van der Waals surface area contributed by atoms with Crippen LogP contribution >= 0.6 is 0 Å². The molecule has 1 aromatic carbocycles. The maximum atomic E-state index is 6.33. The van der Waals surface area contributed by atoms with Crippen LogP contribution in [0.25, 0.3) is 11.0 Å². The van der Waals surface area contributed by atoms with Crippen LogP contribution < -0.4 is 10.5 Å². The first kappa shape index (κ1) is 12.9. The maximum absolute atomic E-state index is 6.33. The molecule has 0 spiro atoms. The normalized spacial score (nSPS) is 14.7. The monoisotopic (exact) mass is 247 g/mol. The molecule has 0 bridgehead atoms. The molecule has 0 aliphatic heterocycles. The van der Waals surface area contributed by atoms with Gasteiger partial charge in [0, 0.05) is 12.6 Å². The van der Waals surface area contributed by atoms with Crippen molar-refractivity contribution in [2.75, 3.05) is 7.11 Å². The lowest BCUT2D eigenvalue weighted by molar-refractivity contribution is 0.415. The number of nitrogens with two attached hydrogens (primary N) is 1. The van der Waals surface area contributed by atoms with E-state index < -0.39 is 5.54 Å². The third kappa shape index (κ3) is 1.97. The fourth-order valence-electron chi connectivity index (χ4n) is 2.15. The fourth-order valence-corrected chi connectivity index (χ4v) is 2.15. The first-order valence-electron chi connectivity index (χ1n) is 6.37. The summed E-state index contributed by atoms with van der Waals surface area (Å²) < 4.78 is 7.42. The van der Waals surface area contributed by atoms with Gasteiger partial charge >= 0.3 is 0 Å². The smallest absolute Gasteiger partial charge is 0.129 e. The van der Waals surface area contributed by atoms with Gasteiger partial charge in [0.15, 0.2) is 0 Å². The van der Waals surface area contributed by atoms with Gasteiger partial charge in [0.1, 0.15) is 11.6 Å². The zero-order chi connectivity index (χ0) is 13.3. The van der Waals surface area contributed by atoms with Gasteiger partial charge in [-0.3, -0.25) is 0 Å². The van der Waals surface area contributed by atoms with Gasteiger partial charge in [-0.15, -0.1) is 0 Å². The number of nitrogens with zero attached hydrogens (tertiary/aromatic N) is 2. The Balaban J connectivity index is 2.67. The van der Waals surface area contributed by atoms with Crippen LogP contribution in [0.5, 0.6) is 5.75 Å². The van der Waals surface area contributed by atoms with Crippen LogP contribution in [0.3, 0.4) is 0 Å². The first-order valence-corrected chi connectivity index (χ1v) is 6.37. The molecule has 0 aliphatic carbocycles. The molecular formula is C14H21N3O. The Morgan fingerprint density at radius 1 is 1.39 bits per heavy atom. The number of aromatic nitrogens is 2. The lowest BCUT2D eigenvalue weighted by atomic mass is 9.99.